The first kappa shape index (κ1) is 24.2. The summed E-state index contributed by atoms with van der Waals surface area (Å²) in [4.78, 5) is 15.2. The number of sulfonamides is 1. The van der Waals surface area contributed by atoms with Crippen LogP contribution in [0.15, 0.2) is 42.5 Å². The molecule has 0 aromatic heterocycles. The summed E-state index contributed by atoms with van der Waals surface area (Å²) in [5.41, 5.74) is 4.69. The molecule has 1 atom stereocenters. The van der Waals surface area contributed by atoms with Crippen LogP contribution in [-0.4, -0.2) is 57.8 Å². The molecule has 1 aliphatic heterocycles. The van der Waals surface area contributed by atoms with Crippen LogP contribution >= 0.6 is 0 Å². The first-order valence-electron chi connectivity index (χ1n) is 10.9. The molecule has 2 aromatic carbocycles. The minimum absolute atomic E-state index is 0.338. The van der Waals surface area contributed by atoms with Gasteiger partial charge in [0.15, 0.2) is 0 Å². The Hall–Kier alpha value is -2.42. The molecule has 1 aliphatic rings. The first-order chi connectivity index (χ1) is 15.1. The van der Waals surface area contributed by atoms with Gasteiger partial charge < -0.3 is 10.1 Å². The summed E-state index contributed by atoms with van der Waals surface area (Å²) in [5, 5.41) is 2.90. The average molecular weight is 460 g/mol. The Balaban J connectivity index is 1.67. The van der Waals surface area contributed by atoms with Gasteiger partial charge in [0.25, 0.3) is 0 Å². The maximum Gasteiger partial charge on any atom is 0.243 e. The van der Waals surface area contributed by atoms with E-state index in [0.29, 0.717) is 12.2 Å². The number of rotatable bonds is 8. The van der Waals surface area contributed by atoms with E-state index < -0.39 is 16.1 Å². The van der Waals surface area contributed by atoms with Crippen LogP contribution < -0.4 is 9.62 Å². The third-order valence-corrected chi connectivity index (χ3v) is 7.04. The van der Waals surface area contributed by atoms with Gasteiger partial charge in [-0.25, -0.2) is 8.42 Å². The molecule has 0 unspecified atom stereocenters. The van der Waals surface area contributed by atoms with E-state index in [9.17, 15) is 13.2 Å². The molecule has 0 aliphatic carbocycles. The Bertz CT molecular complexity index is 1050. The van der Waals surface area contributed by atoms with Crippen molar-refractivity contribution in [2.45, 2.75) is 39.9 Å². The van der Waals surface area contributed by atoms with Crippen LogP contribution in [-0.2, 0) is 32.6 Å². The number of benzene rings is 2. The third kappa shape index (κ3) is 6.31. The van der Waals surface area contributed by atoms with Gasteiger partial charge >= 0.3 is 0 Å². The zero-order valence-electron chi connectivity index (χ0n) is 19.3. The summed E-state index contributed by atoms with van der Waals surface area (Å²) >= 11 is 0. The fraction of sp³-hybridized carbons (Fsp3) is 0.458. The molecule has 0 saturated carbocycles. The summed E-state index contributed by atoms with van der Waals surface area (Å²) in [7, 11) is -3.64. The largest absolute Gasteiger partial charge is 0.379 e. The van der Waals surface area contributed by atoms with E-state index in [-0.39, 0.29) is 5.91 Å². The summed E-state index contributed by atoms with van der Waals surface area (Å²) in [6.45, 7) is 10.0. The molecule has 3 rings (SSSR count). The van der Waals surface area contributed by atoms with Crippen LogP contribution in [0.25, 0.3) is 0 Å². The topological polar surface area (TPSA) is 79.0 Å². The number of aryl methyl sites for hydroxylation is 2. The van der Waals surface area contributed by atoms with Crippen molar-refractivity contribution in [3.8, 4) is 0 Å². The van der Waals surface area contributed by atoms with Crippen LogP contribution in [0.1, 0.15) is 29.2 Å². The van der Waals surface area contributed by atoms with Gasteiger partial charge in [0.2, 0.25) is 15.9 Å². The maximum absolute atomic E-state index is 12.9. The lowest BCUT2D eigenvalue weighted by Gasteiger charge is -2.29. The molecule has 0 radical (unpaired) electrons. The van der Waals surface area contributed by atoms with Crippen LogP contribution in [0, 0.1) is 13.8 Å². The molecule has 1 fully saturated rings. The molecular weight excluding hydrogens is 426 g/mol. The zero-order chi connectivity index (χ0) is 23.3. The van der Waals surface area contributed by atoms with Crippen molar-refractivity contribution in [3.63, 3.8) is 0 Å². The summed E-state index contributed by atoms with van der Waals surface area (Å²) in [6, 6.07) is 12.6. The molecule has 1 N–H and O–H groups in total. The van der Waals surface area contributed by atoms with Crippen molar-refractivity contribution in [2.75, 3.05) is 36.9 Å². The molecule has 0 bridgehead atoms. The predicted octanol–water partition coefficient (Wildman–Crippen LogP) is 2.61. The summed E-state index contributed by atoms with van der Waals surface area (Å²) in [6.07, 6.45) is 1.13. The highest BCUT2D eigenvalue weighted by Gasteiger charge is 2.29. The Morgan fingerprint density at radius 3 is 2.44 bits per heavy atom. The predicted molar refractivity (Wildman–Crippen MR) is 127 cm³/mol. The van der Waals surface area contributed by atoms with E-state index in [4.69, 9.17) is 4.74 Å². The summed E-state index contributed by atoms with van der Waals surface area (Å²) in [5.74, 6) is -0.341. The van der Waals surface area contributed by atoms with Gasteiger partial charge in [0.1, 0.15) is 6.04 Å². The number of carbonyl (C=O) groups excluding carboxylic acids is 1. The summed E-state index contributed by atoms with van der Waals surface area (Å²) < 4.78 is 31.6. The van der Waals surface area contributed by atoms with Crippen molar-refractivity contribution in [3.05, 3.63) is 64.7 Å². The minimum atomic E-state index is -3.64. The van der Waals surface area contributed by atoms with Crippen molar-refractivity contribution < 1.29 is 17.9 Å². The highest BCUT2D eigenvalue weighted by atomic mass is 32.2. The second kappa shape index (κ2) is 10.5. The fourth-order valence-corrected chi connectivity index (χ4v) is 5.03. The third-order valence-electron chi connectivity index (χ3n) is 5.80. The van der Waals surface area contributed by atoms with E-state index in [0.717, 1.165) is 55.8 Å². The number of nitrogens with one attached hydrogen (secondary N) is 1. The van der Waals surface area contributed by atoms with E-state index in [1.54, 1.807) is 19.1 Å². The van der Waals surface area contributed by atoms with Crippen molar-refractivity contribution in [2.24, 2.45) is 0 Å². The molecule has 1 saturated heterocycles. The highest BCUT2D eigenvalue weighted by molar-refractivity contribution is 7.92. The minimum Gasteiger partial charge on any atom is -0.379 e. The molecule has 7 nitrogen and oxygen atoms in total. The van der Waals surface area contributed by atoms with Crippen LogP contribution in [0.5, 0.6) is 0 Å². The number of hydrogen-bond acceptors (Lipinski definition) is 5. The number of amides is 1. The lowest BCUT2D eigenvalue weighted by Crippen LogP contribution is -2.47. The van der Waals surface area contributed by atoms with E-state index >= 15 is 0 Å². The molecule has 8 heteroatoms. The molecule has 174 valence electrons. The van der Waals surface area contributed by atoms with Gasteiger partial charge in [-0.1, -0.05) is 30.3 Å². The van der Waals surface area contributed by atoms with Crippen molar-refractivity contribution >= 4 is 21.6 Å². The normalized spacial score (nSPS) is 15.9. The molecule has 2 aromatic rings. The van der Waals surface area contributed by atoms with Gasteiger partial charge in [-0.2, -0.15) is 0 Å². The molecular formula is C24H33N3O4S. The van der Waals surface area contributed by atoms with Gasteiger partial charge in [-0.05, 0) is 55.2 Å². The van der Waals surface area contributed by atoms with Gasteiger partial charge in [0.05, 0.1) is 25.2 Å². The Kier molecular flexibility index (Phi) is 7.92. The number of ether oxygens (including phenoxy) is 1. The monoisotopic (exact) mass is 459 g/mol. The number of nitrogens with zero attached hydrogens (tertiary/aromatic N) is 2. The lowest BCUT2D eigenvalue weighted by molar-refractivity contribution is -0.122. The van der Waals surface area contributed by atoms with E-state index in [1.807, 2.05) is 32.0 Å². The fourth-order valence-electron chi connectivity index (χ4n) is 3.86. The molecule has 32 heavy (non-hydrogen) atoms. The number of hydrogen-bond donors (Lipinski definition) is 1. The SMILES string of the molecule is Cc1ccc(N([C@H](C)C(=O)NCc2cccc(CN3CCOCC3)c2)S(C)(=O)=O)cc1C. The smallest absolute Gasteiger partial charge is 0.243 e. The number of carbonyl (C=O) groups is 1. The zero-order valence-corrected chi connectivity index (χ0v) is 20.1. The Morgan fingerprint density at radius 2 is 1.78 bits per heavy atom. The van der Waals surface area contributed by atoms with Gasteiger partial charge in [-0.3, -0.25) is 14.0 Å². The van der Waals surface area contributed by atoms with E-state index in [1.165, 1.54) is 9.87 Å². The van der Waals surface area contributed by atoms with E-state index in [2.05, 4.69) is 22.3 Å². The van der Waals surface area contributed by atoms with Crippen molar-refractivity contribution in [1.82, 2.24) is 10.2 Å². The van der Waals surface area contributed by atoms with Gasteiger partial charge in [-0.15, -0.1) is 0 Å². The quantitative estimate of drug-likeness (QED) is 0.657. The molecule has 1 heterocycles. The lowest BCUT2D eigenvalue weighted by atomic mass is 10.1. The number of anilines is 1. The average Bonchev–Trinajstić information content (AvgIpc) is 2.74. The Morgan fingerprint density at radius 1 is 1.09 bits per heavy atom. The Labute approximate surface area is 191 Å². The molecule has 1 amide bonds. The van der Waals surface area contributed by atoms with Crippen LogP contribution in [0.3, 0.4) is 0 Å². The van der Waals surface area contributed by atoms with Crippen molar-refractivity contribution in [1.29, 1.82) is 0 Å². The van der Waals surface area contributed by atoms with Crippen LogP contribution in [0.2, 0.25) is 0 Å². The number of morpholine rings is 1. The highest BCUT2D eigenvalue weighted by Crippen LogP contribution is 2.24. The maximum atomic E-state index is 12.9. The second-order valence-electron chi connectivity index (χ2n) is 8.43. The first-order valence-corrected chi connectivity index (χ1v) is 12.7. The molecule has 0 spiro atoms. The van der Waals surface area contributed by atoms with Gasteiger partial charge in [0, 0.05) is 26.2 Å². The van der Waals surface area contributed by atoms with Crippen LogP contribution in [0.4, 0.5) is 5.69 Å². The second-order valence-corrected chi connectivity index (χ2v) is 10.3. The standard InChI is InChI=1S/C24H33N3O4S/c1-18-8-9-23(14-19(18)2)27(32(4,29)30)20(3)24(28)25-16-21-6-5-7-22(15-21)17-26-10-12-31-13-11-26/h5-9,14-15,20H,10-13,16-17H2,1-4H3,(H,25,28)/t20-/m1/s1.